The zero-order chi connectivity index (χ0) is 64.0. The smallest absolute Gasteiger partial charge is 0.326 e. The Bertz CT molecular complexity index is 2320. The van der Waals surface area contributed by atoms with Crippen LogP contribution in [0.4, 0.5) is 0 Å². The molecule has 0 bridgehead atoms. The predicted molar refractivity (Wildman–Crippen MR) is 316 cm³/mol. The van der Waals surface area contributed by atoms with Gasteiger partial charge in [-0.3, -0.25) is 48.1 Å². The van der Waals surface area contributed by atoms with Crippen molar-refractivity contribution in [2.24, 2.45) is 57.3 Å². The zero-order valence-corrected chi connectivity index (χ0v) is 50.6. The quantitative estimate of drug-likeness (QED) is 0.0189. The predicted octanol–water partition coefficient (Wildman–Crippen LogP) is -2.17. The van der Waals surface area contributed by atoms with E-state index in [4.69, 9.17) is 28.7 Å². The minimum absolute atomic E-state index is 0.00266. The Labute approximate surface area is 493 Å². The van der Waals surface area contributed by atoms with Crippen molar-refractivity contribution in [3.8, 4) is 5.75 Å². The van der Waals surface area contributed by atoms with Crippen LogP contribution < -0.4 is 76.5 Å². The van der Waals surface area contributed by atoms with Crippen molar-refractivity contribution in [3.05, 3.63) is 29.8 Å². The lowest BCUT2D eigenvalue weighted by Gasteiger charge is -2.29. The lowest BCUT2D eigenvalue weighted by atomic mass is 9.98. The number of nitrogens with two attached hydrogens (primary N) is 5. The van der Waals surface area contributed by atoms with Gasteiger partial charge in [0.15, 0.2) is 5.96 Å². The molecule has 0 saturated carbocycles. The maximum Gasteiger partial charge on any atom is 0.326 e. The summed E-state index contributed by atoms with van der Waals surface area (Å²) < 4.78 is 0. The van der Waals surface area contributed by atoms with Crippen LogP contribution in [-0.2, 0) is 54.4 Å². The number of carbonyl (C=O) groups is 10. The molecule has 1 aromatic rings. The van der Waals surface area contributed by atoms with Gasteiger partial charge in [0.2, 0.25) is 53.2 Å². The summed E-state index contributed by atoms with van der Waals surface area (Å²) in [6, 6.07) is -7.32. The number of aliphatic hydroxyl groups excluding tert-OH is 1. The third-order valence-corrected chi connectivity index (χ3v) is 13.5. The van der Waals surface area contributed by atoms with E-state index in [9.17, 15) is 63.3 Å². The van der Waals surface area contributed by atoms with Crippen LogP contribution in [0, 0.1) is 23.7 Å². The molecule has 0 aliphatic rings. The Hall–Kier alpha value is -7.17. The van der Waals surface area contributed by atoms with Crippen LogP contribution >= 0.6 is 0 Å². The fourth-order valence-electron chi connectivity index (χ4n) is 8.53. The summed E-state index contributed by atoms with van der Waals surface area (Å²) in [6.07, 6.45) is 0.242. The fourth-order valence-corrected chi connectivity index (χ4v) is 8.53. The first-order chi connectivity index (χ1) is 39.3. The van der Waals surface area contributed by atoms with Crippen LogP contribution in [0.2, 0.25) is 0 Å². The Balaban J connectivity index is 3.55. The summed E-state index contributed by atoms with van der Waals surface area (Å²) in [5.74, 6) is -10.0. The first-order valence-electron chi connectivity index (χ1n) is 29.0. The molecule has 28 heteroatoms. The fraction of sp³-hybridized carbons (Fsp3) is 0.696. The highest BCUT2D eigenvalue weighted by molar-refractivity contribution is 5.98. The van der Waals surface area contributed by atoms with Gasteiger partial charge in [-0.25, -0.2) is 4.79 Å². The highest BCUT2D eigenvalue weighted by Crippen LogP contribution is 2.15. The van der Waals surface area contributed by atoms with Crippen LogP contribution in [0.25, 0.3) is 0 Å². The molecule has 476 valence electrons. The van der Waals surface area contributed by atoms with Gasteiger partial charge < -0.3 is 91.8 Å². The van der Waals surface area contributed by atoms with E-state index in [2.05, 4.69) is 52.8 Å². The number of phenols is 1. The van der Waals surface area contributed by atoms with E-state index in [1.807, 2.05) is 13.8 Å². The first-order valence-corrected chi connectivity index (χ1v) is 29.0. The second-order valence-electron chi connectivity index (χ2n) is 22.8. The van der Waals surface area contributed by atoms with Gasteiger partial charge in [-0.1, -0.05) is 67.5 Å². The number of nitrogens with one attached hydrogen (secondary N) is 9. The molecule has 0 aliphatic carbocycles. The van der Waals surface area contributed by atoms with Gasteiger partial charge in [0.1, 0.15) is 60.1 Å². The van der Waals surface area contributed by atoms with E-state index in [1.165, 1.54) is 38.1 Å². The minimum Gasteiger partial charge on any atom is -0.508 e. The molecular formula is C56H99N15O13. The molecule has 0 heterocycles. The third kappa shape index (κ3) is 28.4. The number of aromatic hydroxyl groups is 1. The van der Waals surface area contributed by atoms with Crippen molar-refractivity contribution in [3.63, 3.8) is 0 Å². The Morgan fingerprint density at radius 2 is 0.881 bits per heavy atom. The number of hydrogen-bond donors (Lipinski definition) is 17. The number of aliphatic carboxylic acids is 1. The molecule has 11 atom stereocenters. The van der Waals surface area contributed by atoms with Crippen LogP contribution in [0.15, 0.2) is 29.3 Å². The Morgan fingerprint density at radius 1 is 0.476 bits per heavy atom. The van der Waals surface area contributed by atoms with Crippen LogP contribution in [-0.4, -0.2) is 167 Å². The first kappa shape index (κ1) is 74.8. The normalized spacial score (nSPS) is 15.3. The van der Waals surface area contributed by atoms with E-state index in [0.717, 1.165) is 0 Å². The van der Waals surface area contributed by atoms with Gasteiger partial charge >= 0.3 is 5.97 Å². The molecule has 0 spiro atoms. The number of carboxylic acid groups (broad SMARTS) is 1. The van der Waals surface area contributed by atoms with Crippen molar-refractivity contribution in [2.75, 3.05) is 19.6 Å². The summed E-state index contributed by atoms with van der Waals surface area (Å²) >= 11 is 0. The standard InChI is InChI=1S/C56H99N15O13/c1-29(2)26-40(69-54(82)45(34(10)72)71-46(74)33(9)63-53(81)44(32(7)8)70-51(79)41(27-30(3)4)68-52(80)43(59)31(5)6)49(77)65-38(18-15-25-62-56(60)61)48(76)67-42(28-35-19-21-36(73)22-20-35)50(78)64-37(16-11-13-23-57)47(75)66-39(55(83)84)17-12-14-24-58/h19-22,29-34,37-45,72-73H,11-18,23-28,57-59H2,1-10H3,(H,63,81)(H,64,78)(H,65,77)(H,66,75)(H,67,76)(H,68,80)(H,69,82)(H,70,79)(H,71,74)(H,83,84)(H4,60,61,62)/t33-,34+,37-,38-,39-,40-,41-,42-,43-,44-,45-/m0/s1. The monoisotopic (exact) mass is 1190 g/mol. The number of nitrogens with zero attached hydrogens (tertiary/aromatic N) is 1. The van der Waals surface area contributed by atoms with Gasteiger partial charge in [0.25, 0.3) is 0 Å². The molecule has 0 aromatic heterocycles. The van der Waals surface area contributed by atoms with E-state index in [1.54, 1.807) is 41.5 Å². The second-order valence-corrected chi connectivity index (χ2v) is 22.8. The van der Waals surface area contributed by atoms with Crippen molar-refractivity contribution in [1.82, 2.24) is 47.9 Å². The van der Waals surface area contributed by atoms with Crippen molar-refractivity contribution in [2.45, 2.75) is 206 Å². The molecular weight excluding hydrogens is 1090 g/mol. The van der Waals surface area contributed by atoms with Gasteiger partial charge in [-0.15, -0.1) is 0 Å². The molecule has 28 nitrogen and oxygen atoms in total. The maximum atomic E-state index is 14.5. The number of carboxylic acids is 1. The van der Waals surface area contributed by atoms with Gasteiger partial charge in [0.05, 0.1) is 12.1 Å². The minimum atomic E-state index is -1.71. The lowest BCUT2D eigenvalue weighted by Crippen LogP contribution is -2.62. The Morgan fingerprint density at radius 3 is 1.33 bits per heavy atom. The number of hydrogen-bond acceptors (Lipinski definition) is 16. The average Bonchev–Trinajstić information content (AvgIpc) is 3.63. The van der Waals surface area contributed by atoms with E-state index >= 15 is 0 Å². The number of aliphatic hydroxyl groups is 1. The molecule has 0 aliphatic heterocycles. The van der Waals surface area contributed by atoms with Gasteiger partial charge in [-0.05, 0) is 133 Å². The summed E-state index contributed by atoms with van der Waals surface area (Å²) in [5, 5.41) is 54.2. The number of carbonyl (C=O) groups excluding carboxylic acids is 9. The largest absolute Gasteiger partial charge is 0.508 e. The summed E-state index contributed by atoms with van der Waals surface area (Å²) in [7, 11) is 0. The maximum absolute atomic E-state index is 14.5. The van der Waals surface area contributed by atoms with E-state index in [0.29, 0.717) is 37.8 Å². The summed E-state index contributed by atoms with van der Waals surface area (Å²) in [5.41, 5.74) is 28.9. The molecule has 1 rings (SSSR count). The Kier molecular flexibility index (Phi) is 34.4. The second kappa shape index (κ2) is 38.6. The molecule has 84 heavy (non-hydrogen) atoms. The molecule has 1 aromatic carbocycles. The highest BCUT2D eigenvalue weighted by atomic mass is 16.4. The van der Waals surface area contributed by atoms with Crippen LogP contribution in [0.3, 0.4) is 0 Å². The van der Waals surface area contributed by atoms with Crippen molar-refractivity contribution < 1.29 is 63.3 Å². The highest BCUT2D eigenvalue weighted by Gasteiger charge is 2.37. The number of unbranched alkanes of at least 4 members (excludes halogenated alkanes) is 2. The summed E-state index contributed by atoms with van der Waals surface area (Å²) in [4.78, 5) is 141. The molecule has 9 amide bonds. The number of rotatable bonds is 40. The van der Waals surface area contributed by atoms with Gasteiger partial charge in [0, 0.05) is 13.0 Å². The van der Waals surface area contributed by atoms with Crippen LogP contribution in [0.5, 0.6) is 5.75 Å². The van der Waals surface area contributed by atoms with Crippen molar-refractivity contribution >= 4 is 65.1 Å². The summed E-state index contributed by atoms with van der Waals surface area (Å²) in [6.45, 7) is 17.2. The lowest BCUT2D eigenvalue weighted by molar-refractivity contribution is -0.142. The number of amides is 9. The number of benzene rings is 1. The van der Waals surface area contributed by atoms with Gasteiger partial charge in [-0.2, -0.15) is 0 Å². The third-order valence-electron chi connectivity index (χ3n) is 13.5. The molecule has 22 N–H and O–H groups in total. The SMILES string of the molecule is CC(C)C[C@H](NC(=O)[C@@H](N)C(C)C)C(=O)N[C@H](C(=O)N[C@@H](C)C(=O)N[C@H](C(=O)N[C@@H](CC(C)C)C(=O)N[C@@H](CCCN=C(N)N)C(=O)N[C@@H](Cc1ccc(O)cc1)C(=O)N[C@@H](CCCCN)C(=O)N[C@@H](CCCCN)C(=O)O)[C@@H](C)O)C(C)C. The molecule has 0 fully saturated rings. The number of aliphatic imine (C=N–C) groups is 1. The van der Waals surface area contributed by atoms with Crippen LogP contribution in [0.1, 0.15) is 139 Å². The van der Waals surface area contributed by atoms with E-state index in [-0.39, 0.29) is 87.5 Å². The molecule has 0 saturated heterocycles. The molecule has 0 unspecified atom stereocenters. The number of guanidine groups is 1. The average molecular weight is 1190 g/mol. The topological polar surface area (TPSA) is 482 Å². The van der Waals surface area contributed by atoms with E-state index < -0.39 is 132 Å². The number of phenolic OH excluding ortho intramolecular Hbond substituents is 1. The zero-order valence-electron chi connectivity index (χ0n) is 50.6. The molecule has 0 radical (unpaired) electrons. The van der Waals surface area contributed by atoms with Crippen molar-refractivity contribution in [1.29, 1.82) is 0 Å².